The van der Waals surface area contributed by atoms with Crippen LogP contribution in [-0.2, 0) is 11.2 Å². The molecule has 0 aliphatic carbocycles. The molecule has 2 N–H and O–H groups in total. The predicted molar refractivity (Wildman–Crippen MR) is 41.9 cm³/mol. The Labute approximate surface area is 67.9 Å². The third-order valence-electron chi connectivity index (χ3n) is 1.29. The zero-order chi connectivity index (χ0) is 8.27. The number of rotatable bonds is 3. The highest BCUT2D eigenvalue weighted by molar-refractivity contribution is 7.10. The van der Waals surface area contributed by atoms with Crippen LogP contribution in [0.1, 0.15) is 11.3 Å². The summed E-state index contributed by atoms with van der Waals surface area (Å²) in [6, 6.07) is 1.57. The van der Waals surface area contributed by atoms with Crippen molar-refractivity contribution in [1.82, 2.24) is 0 Å². The SMILES string of the molecule is O=C(O)CCc1sccc1O. The van der Waals surface area contributed by atoms with Crippen LogP contribution in [0.15, 0.2) is 11.4 Å². The van der Waals surface area contributed by atoms with Crippen LogP contribution in [0.2, 0.25) is 0 Å². The minimum absolute atomic E-state index is 0.0775. The van der Waals surface area contributed by atoms with Gasteiger partial charge in [-0.3, -0.25) is 4.79 Å². The molecule has 0 aromatic carbocycles. The fourth-order valence-corrected chi connectivity index (χ4v) is 1.51. The summed E-state index contributed by atoms with van der Waals surface area (Å²) in [5.41, 5.74) is 0. The van der Waals surface area contributed by atoms with E-state index in [2.05, 4.69) is 0 Å². The first-order valence-corrected chi connectivity index (χ1v) is 4.05. The lowest BCUT2D eigenvalue weighted by Crippen LogP contribution is -1.95. The molecule has 1 aromatic heterocycles. The number of carboxylic acid groups (broad SMARTS) is 1. The summed E-state index contributed by atoms with van der Waals surface area (Å²) in [6.07, 6.45) is 0.493. The van der Waals surface area contributed by atoms with Gasteiger partial charge in [0.1, 0.15) is 5.75 Å². The first-order chi connectivity index (χ1) is 5.20. The molecule has 0 radical (unpaired) electrons. The Hall–Kier alpha value is -1.03. The fraction of sp³-hybridized carbons (Fsp3) is 0.286. The molecule has 0 saturated heterocycles. The summed E-state index contributed by atoms with van der Waals surface area (Å²) >= 11 is 1.38. The number of aromatic hydroxyl groups is 1. The molecule has 1 heterocycles. The molecular weight excluding hydrogens is 164 g/mol. The normalized spacial score (nSPS) is 9.82. The molecule has 0 fully saturated rings. The zero-order valence-corrected chi connectivity index (χ0v) is 6.60. The summed E-state index contributed by atoms with van der Waals surface area (Å²) in [5.74, 6) is -0.631. The van der Waals surface area contributed by atoms with Gasteiger partial charge >= 0.3 is 5.97 Å². The van der Waals surface area contributed by atoms with Crippen LogP contribution < -0.4 is 0 Å². The van der Waals surface area contributed by atoms with Crippen LogP contribution in [0.25, 0.3) is 0 Å². The monoisotopic (exact) mass is 172 g/mol. The quantitative estimate of drug-likeness (QED) is 0.725. The van der Waals surface area contributed by atoms with Crippen LogP contribution >= 0.6 is 11.3 Å². The number of aliphatic carboxylic acids is 1. The van der Waals surface area contributed by atoms with Crippen LogP contribution in [0.3, 0.4) is 0 Å². The highest BCUT2D eigenvalue weighted by Gasteiger charge is 2.04. The molecule has 4 heteroatoms. The van der Waals surface area contributed by atoms with E-state index in [9.17, 15) is 4.79 Å². The molecule has 0 unspecified atom stereocenters. The molecule has 0 aliphatic rings. The molecule has 11 heavy (non-hydrogen) atoms. The van der Waals surface area contributed by atoms with Crippen molar-refractivity contribution in [3.8, 4) is 5.75 Å². The molecule has 0 bridgehead atoms. The van der Waals surface area contributed by atoms with E-state index in [4.69, 9.17) is 10.2 Å². The smallest absolute Gasteiger partial charge is 0.303 e. The van der Waals surface area contributed by atoms with Crippen molar-refractivity contribution in [3.63, 3.8) is 0 Å². The topological polar surface area (TPSA) is 57.5 Å². The van der Waals surface area contributed by atoms with Crippen molar-refractivity contribution in [2.75, 3.05) is 0 Å². The number of thiophene rings is 1. The van der Waals surface area contributed by atoms with Crippen LogP contribution in [0.4, 0.5) is 0 Å². The second kappa shape index (κ2) is 3.39. The van der Waals surface area contributed by atoms with Crippen molar-refractivity contribution >= 4 is 17.3 Å². The standard InChI is InChI=1S/C7H8O3S/c8-5-3-4-11-6(5)1-2-7(9)10/h3-4,8H,1-2H2,(H,9,10). The van der Waals surface area contributed by atoms with Crippen molar-refractivity contribution < 1.29 is 15.0 Å². The number of carboxylic acids is 1. The summed E-state index contributed by atoms with van der Waals surface area (Å²) < 4.78 is 0. The van der Waals surface area contributed by atoms with Gasteiger partial charge in [0.05, 0.1) is 6.42 Å². The molecule has 0 amide bonds. The van der Waals surface area contributed by atoms with Crippen LogP contribution in [0, 0.1) is 0 Å². The molecule has 0 saturated carbocycles. The van der Waals surface area contributed by atoms with Gasteiger partial charge in [-0.1, -0.05) is 0 Å². The number of hydrogen-bond acceptors (Lipinski definition) is 3. The van der Waals surface area contributed by atoms with E-state index in [0.29, 0.717) is 6.42 Å². The molecule has 3 nitrogen and oxygen atoms in total. The van der Waals surface area contributed by atoms with E-state index >= 15 is 0 Å². The van der Waals surface area contributed by atoms with Gasteiger partial charge < -0.3 is 10.2 Å². The third-order valence-corrected chi connectivity index (χ3v) is 2.26. The maximum Gasteiger partial charge on any atom is 0.303 e. The van der Waals surface area contributed by atoms with E-state index < -0.39 is 5.97 Å². The third kappa shape index (κ3) is 2.23. The van der Waals surface area contributed by atoms with Crippen molar-refractivity contribution in [2.45, 2.75) is 12.8 Å². The Kier molecular flexibility index (Phi) is 2.48. The number of hydrogen-bond donors (Lipinski definition) is 2. The summed E-state index contributed by atoms with van der Waals surface area (Å²) in [7, 11) is 0. The van der Waals surface area contributed by atoms with Gasteiger partial charge in [-0.2, -0.15) is 0 Å². The highest BCUT2D eigenvalue weighted by Crippen LogP contribution is 2.24. The van der Waals surface area contributed by atoms with E-state index in [1.165, 1.54) is 11.3 Å². The molecule has 0 aliphatic heterocycles. The molecule has 0 atom stereocenters. The highest BCUT2D eigenvalue weighted by atomic mass is 32.1. The summed E-state index contributed by atoms with van der Waals surface area (Å²) in [6.45, 7) is 0. The van der Waals surface area contributed by atoms with Gasteiger partial charge in [-0.25, -0.2) is 0 Å². The summed E-state index contributed by atoms with van der Waals surface area (Å²) in [4.78, 5) is 10.9. The zero-order valence-electron chi connectivity index (χ0n) is 5.78. The lowest BCUT2D eigenvalue weighted by molar-refractivity contribution is -0.136. The minimum Gasteiger partial charge on any atom is -0.507 e. The average molecular weight is 172 g/mol. The molecular formula is C7H8O3S. The van der Waals surface area contributed by atoms with Crippen LogP contribution in [-0.4, -0.2) is 16.2 Å². The Morgan fingerprint density at radius 3 is 2.82 bits per heavy atom. The van der Waals surface area contributed by atoms with Gasteiger partial charge in [0.2, 0.25) is 0 Å². The first-order valence-electron chi connectivity index (χ1n) is 3.17. The lowest BCUT2D eigenvalue weighted by atomic mass is 10.2. The first kappa shape index (κ1) is 8.07. The van der Waals surface area contributed by atoms with E-state index in [1.807, 2.05) is 0 Å². The second-order valence-electron chi connectivity index (χ2n) is 2.12. The Morgan fingerprint density at radius 1 is 1.64 bits per heavy atom. The largest absolute Gasteiger partial charge is 0.507 e. The fourth-order valence-electron chi connectivity index (χ4n) is 0.741. The average Bonchev–Trinajstić information content (AvgIpc) is 2.31. The van der Waals surface area contributed by atoms with Gasteiger partial charge in [-0.05, 0) is 17.9 Å². The summed E-state index contributed by atoms with van der Waals surface area (Å²) in [5, 5.41) is 19.1. The Balaban J connectivity index is 2.51. The van der Waals surface area contributed by atoms with Crippen molar-refractivity contribution in [3.05, 3.63) is 16.3 Å². The maximum atomic E-state index is 10.1. The van der Waals surface area contributed by atoms with Gasteiger partial charge in [-0.15, -0.1) is 11.3 Å². The molecule has 1 rings (SSSR count). The molecule has 60 valence electrons. The Morgan fingerprint density at radius 2 is 2.36 bits per heavy atom. The van der Waals surface area contributed by atoms with Gasteiger partial charge in [0.25, 0.3) is 0 Å². The molecule has 0 spiro atoms. The van der Waals surface area contributed by atoms with Gasteiger partial charge in [0, 0.05) is 4.88 Å². The van der Waals surface area contributed by atoms with Gasteiger partial charge in [0.15, 0.2) is 0 Å². The molecule has 1 aromatic rings. The van der Waals surface area contributed by atoms with Crippen LogP contribution in [0.5, 0.6) is 5.75 Å². The van der Waals surface area contributed by atoms with E-state index in [0.717, 1.165) is 4.88 Å². The Bertz CT molecular complexity index is 254. The minimum atomic E-state index is -0.835. The number of carbonyl (C=O) groups is 1. The van der Waals surface area contributed by atoms with E-state index in [-0.39, 0.29) is 12.2 Å². The van der Waals surface area contributed by atoms with E-state index in [1.54, 1.807) is 11.4 Å². The maximum absolute atomic E-state index is 10.1. The predicted octanol–water partition coefficient (Wildman–Crippen LogP) is 1.47. The van der Waals surface area contributed by atoms with Crippen molar-refractivity contribution in [2.24, 2.45) is 0 Å². The van der Waals surface area contributed by atoms with Crippen molar-refractivity contribution in [1.29, 1.82) is 0 Å². The lowest BCUT2D eigenvalue weighted by Gasteiger charge is -1.93. The second-order valence-corrected chi connectivity index (χ2v) is 3.12. The number of aryl methyl sites for hydroxylation is 1.